The highest BCUT2D eigenvalue weighted by atomic mass is 79.9. The molecule has 1 aromatic carbocycles. The second-order valence-corrected chi connectivity index (χ2v) is 4.53. The highest BCUT2D eigenvalue weighted by Gasteiger charge is 2.14. The normalized spacial score (nSPS) is 10.3. The fraction of sp³-hybridized carbons (Fsp3) is 0.462. The van der Waals surface area contributed by atoms with E-state index < -0.39 is 0 Å². The molecule has 0 aromatic heterocycles. The van der Waals surface area contributed by atoms with Crippen molar-refractivity contribution in [1.29, 1.82) is 0 Å². The third-order valence-corrected chi connectivity index (χ3v) is 3.07. The summed E-state index contributed by atoms with van der Waals surface area (Å²) in [6, 6.07) is 3.36. The van der Waals surface area contributed by atoms with Crippen molar-refractivity contribution in [3.8, 4) is 11.5 Å². The number of ether oxygens (including phenoxy) is 1. The van der Waals surface area contributed by atoms with E-state index in [2.05, 4.69) is 15.9 Å². The minimum Gasteiger partial charge on any atom is -0.507 e. The van der Waals surface area contributed by atoms with Gasteiger partial charge in [0.05, 0.1) is 12.2 Å². The van der Waals surface area contributed by atoms with Gasteiger partial charge in [0, 0.05) is 10.9 Å². The molecule has 0 saturated carbocycles. The fourth-order valence-electron chi connectivity index (χ4n) is 1.62. The van der Waals surface area contributed by atoms with Gasteiger partial charge in [0.25, 0.3) is 0 Å². The predicted octanol–water partition coefficient (Wildman–Crippen LogP) is 3.32. The Kier molecular flexibility index (Phi) is 5.48. The molecule has 0 bridgehead atoms. The van der Waals surface area contributed by atoms with Crippen LogP contribution in [0.2, 0.25) is 0 Å². The standard InChI is InChI=1S/C13H17BrO3/c1-3-10-12(17-8-4-7-14)6-5-11(9(2)15)13(10)16/h5-6,16H,3-4,7-8H2,1-2H3. The van der Waals surface area contributed by atoms with E-state index in [1.807, 2.05) is 6.92 Å². The number of carbonyl (C=O) groups is 1. The zero-order chi connectivity index (χ0) is 12.8. The average molecular weight is 301 g/mol. The number of alkyl halides is 1. The third kappa shape index (κ3) is 3.46. The van der Waals surface area contributed by atoms with Gasteiger partial charge in [0.1, 0.15) is 11.5 Å². The van der Waals surface area contributed by atoms with Gasteiger partial charge in [-0.1, -0.05) is 22.9 Å². The summed E-state index contributed by atoms with van der Waals surface area (Å²) < 4.78 is 5.58. The Hall–Kier alpha value is -1.03. The quantitative estimate of drug-likeness (QED) is 0.498. The Bertz CT molecular complexity index is 402. The summed E-state index contributed by atoms with van der Waals surface area (Å²) in [5, 5.41) is 10.9. The Morgan fingerprint density at radius 2 is 2.18 bits per heavy atom. The van der Waals surface area contributed by atoms with Crippen LogP contribution in [0, 0.1) is 0 Å². The molecule has 94 valence electrons. The molecular formula is C13H17BrO3. The lowest BCUT2D eigenvalue weighted by molar-refractivity contribution is 0.101. The minimum absolute atomic E-state index is 0.0522. The van der Waals surface area contributed by atoms with Crippen LogP contribution in [0.5, 0.6) is 11.5 Å². The van der Waals surface area contributed by atoms with Gasteiger partial charge < -0.3 is 9.84 Å². The summed E-state index contributed by atoms with van der Waals surface area (Å²) in [4.78, 5) is 11.3. The molecule has 1 N–H and O–H groups in total. The number of ketones is 1. The van der Waals surface area contributed by atoms with Gasteiger partial charge in [0.15, 0.2) is 5.78 Å². The first-order valence-electron chi connectivity index (χ1n) is 5.66. The van der Waals surface area contributed by atoms with Crippen molar-refractivity contribution >= 4 is 21.7 Å². The molecule has 3 nitrogen and oxygen atoms in total. The van der Waals surface area contributed by atoms with Crippen LogP contribution in [-0.4, -0.2) is 22.8 Å². The van der Waals surface area contributed by atoms with E-state index >= 15 is 0 Å². The van der Waals surface area contributed by atoms with Crippen LogP contribution in [0.15, 0.2) is 12.1 Å². The van der Waals surface area contributed by atoms with E-state index in [9.17, 15) is 9.90 Å². The van der Waals surface area contributed by atoms with Crippen LogP contribution < -0.4 is 4.74 Å². The Labute approximate surface area is 110 Å². The highest BCUT2D eigenvalue weighted by molar-refractivity contribution is 9.09. The molecular weight excluding hydrogens is 284 g/mol. The van der Waals surface area contributed by atoms with Crippen LogP contribution in [-0.2, 0) is 6.42 Å². The fourth-order valence-corrected chi connectivity index (χ4v) is 1.84. The molecule has 0 aliphatic rings. The lowest BCUT2D eigenvalue weighted by atomic mass is 10.0. The molecule has 0 radical (unpaired) electrons. The van der Waals surface area contributed by atoms with Gasteiger partial charge in [-0.2, -0.15) is 0 Å². The summed E-state index contributed by atoms with van der Waals surface area (Å²) in [6.07, 6.45) is 1.54. The van der Waals surface area contributed by atoms with Crippen LogP contribution in [0.25, 0.3) is 0 Å². The Morgan fingerprint density at radius 1 is 1.47 bits per heavy atom. The average Bonchev–Trinajstić information content (AvgIpc) is 2.29. The molecule has 4 heteroatoms. The molecule has 1 aromatic rings. The number of phenols is 1. The van der Waals surface area contributed by atoms with Crippen LogP contribution in [0.1, 0.15) is 36.2 Å². The minimum atomic E-state index is -0.135. The van der Waals surface area contributed by atoms with Crippen molar-refractivity contribution in [2.45, 2.75) is 26.7 Å². The number of carbonyl (C=O) groups excluding carboxylic acids is 1. The maximum absolute atomic E-state index is 11.3. The molecule has 0 saturated heterocycles. The first-order valence-corrected chi connectivity index (χ1v) is 6.78. The zero-order valence-electron chi connectivity index (χ0n) is 10.1. The predicted molar refractivity (Wildman–Crippen MR) is 71.4 cm³/mol. The Morgan fingerprint density at radius 3 is 2.71 bits per heavy atom. The zero-order valence-corrected chi connectivity index (χ0v) is 11.7. The molecule has 0 fully saturated rings. The largest absolute Gasteiger partial charge is 0.507 e. The number of phenolic OH excluding ortho intramolecular Hbond substituents is 1. The number of rotatable bonds is 6. The molecule has 0 unspecified atom stereocenters. The summed E-state index contributed by atoms with van der Waals surface area (Å²) >= 11 is 3.33. The molecule has 17 heavy (non-hydrogen) atoms. The Balaban J connectivity index is 2.99. The third-order valence-electron chi connectivity index (χ3n) is 2.51. The number of halogens is 1. The van der Waals surface area contributed by atoms with E-state index in [4.69, 9.17) is 4.74 Å². The van der Waals surface area contributed by atoms with Gasteiger partial charge in [-0.15, -0.1) is 0 Å². The first kappa shape index (κ1) is 14.0. The van der Waals surface area contributed by atoms with E-state index in [-0.39, 0.29) is 11.5 Å². The molecule has 0 aliphatic heterocycles. The van der Waals surface area contributed by atoms with Gasteiger partial charge in [0.2, 0.25) is 0 Å². The van der Waals surface area contributed by atoms with E-state index in [0.29, 0.717) is 29.9 Å². The SMILES string of the molecule is CCc1c(OCCCBr)ccc(C(C)=O)c1O. The maximum atomic E-state index is 11.3. The van der Waals surface area contributed by atoms with Gasteiger partial charge in [-0.3, -0.25) is 4.79 Å². The number of hydrogen-bond donors (Lipinski definition) is 1. The van der Waals surface area contributed by atoms with Crippen LogP contribution >= 0.6 is 15.9 Å². The lowest BCUT2D eigenvalue weighted by Crippen LogP contribution is -2.03. The maximum Gasteiger partial charge on any atom is 0.163 e. The molecule has 0 amide bonds. The van der Waals surface area contributed by atoms with Crippen molar-refractivity contribution in [2.75, 3.05) is 11.9 Å². The van der Waals surface area contributed by atoms with Crippen molar-refractivity contribution in [3.63, 3.8) is 0 Å². The lowest BCUT2D eigenvalue weighted by Gasteiger charge is -2.13. The van der Waals surface area contributed by atoms with E-state index in [1.54, 1.807) is 12.1 Å². The molecule has 0 heterocycles. The summed E-state index contributed by atoms with van der Waals surface area (Å²) in [5.74, 6) is 0.580. The molecule has 0 atom stereocenters. The summed E-state index contributed by atoms with van der Waals surface area (Å²) in [5.41, 5.74) is 1.06. The van der Waals surface area contributed by atoms with E-state index in [1.165, 1.54) is 6.92 Å². The topological polar surface area (TPSA) is 46.5 Å². The number of aromatic hydroxyl groups is 1. The molecule has 1 rings (SSSR count). The molecule has 0 spiro atoms. The monoisotopic (exact) mass is 300 g/mol. The summed E-state index contributed by atoms with van der Waals surface area (Å²) in [6.45, 7) is 3.97. The van der Waals surface area contributed by atoms with Crippen molar-refractivity contribution in [3.05, 3.63) is 23.3 Å². The second kappa shape index (κ2) is 6.64. The van der Waals surface area contributed by atoms with Crippen molar-refractivity contribution in [2.24, 2.45) is 0 Å². The van der Waals surface area contributed by atoms with Gasteiger partial charge >= 0.3 is 0 Å². The smallest absolute Gasteiger partial charge is 0.163 e. The molecule has 0 aliphatic carbocycles. The first-order chi connectivity index (χ1) is 8.11. The van der Waals surface area contributed by atoms with E-state index in [0.717, 1.165) is 11.8 Å². The number of Topliss-reactive ketones (excluding diaryl/α,β-unsaturated/α-hetero) is 1. The van der Waals surface area contributed by atoms with Crippen molar-refractivity contribution < 1.29 is 14.6 Å². The van der Waals surface area contributed by atoms with Crippen molar-refractivity contribution in [1.82, 2.24) is 0 Å². The van der Waals surface area contributed by atoms with Crippen LogP contribution in [0.3, 0.4) is 0 Å². The second-order valence-electron chi connectivity index (χ2n) is 3.74. The van der Waals surface area contributed by atoms with Gasteiger partial charge in [-0.05, 0) is 31.9 Å². The van der Waals surface area contributed by atoms with Crippen LogP contribution in [0.4, 0.5) is 0 Å². The number of hydrogen-bond acceptors (Lipinski definition) is 3. The summed E-state index contributed by atoms with van der Waals surface area (Å²) in [7, 11) is 0. The van der Waals surface area contributed by atoms with Gasteiger partial charge in [-0.25, -0.2) is 0 Å². The number of benzene rings is 1. The highest BCUT2D eigenvalue weighted by Crippen LogP contribution is 2.32.